The third-order valence-corrected chi connectivity index (χ3v) is 5.54. The Morgan fingerprint density at radius 3 is 2.56 bits per heavy atom. The van der Waals surface area contributed by atoms with Gasteiger partial charge in [0.1, 0.15) is 6.54 Å². The van der Waals surface area contributed by atoms with Gasteiger partial charge in [-0.2, -0.15) is 0 Å². The lowest BCUT2D eigenvalue weighted by molar-refractivity contribution is -0.894. The highest BCUT2D eigenvalue weighted by atomic mass is 16.5. The summed E-state index contributed by atoms with van der Waals surface area (Å²) in [4.78, 5) is 26.5. The van der Waals surface area contributed by atoms with E-state index in [-0.39, 0.29) is 6.03 Å². The first-order chi connectivity index (χ1) is 13.0. The Morgan fingerprint density at radius 1 is 1.19 bits per heavy atom. The molecule has 3 N–H and O–H groups in total. The number of carbonyl (C=O) groups is 2. The second kappa shape index (κ2) is 8.57. The van der Waals surface area contributed by atoms with Crippen LogP contribution >= 0.6 is 0 Å². The number of likely N-dealkylation sites (tertiary alicyclic amines) is 1. The predicted molar refractivity (Wildman–Crippen MR) is 103 cm³/mol. The van der Waals surface area contributed by atoms with Gasteiger partial charge in [0, 0.05) is 0 Å². The van der Waals surface area contributed by atoms with Crippen LogP contribution in [0, 0.1) is 13.8 Å². The molecule has 2 amide bonds. The molecule has 0 unspecified atom stereocenters. The van der Waals surface area contributed by atoms with Crippen LogP contribution < -0.4 is 15.5 Å². The number of urea groups is 1. The predicted octanol–water partition coefficient (Wildman–Crippen LogP) is 1.54. The van der Waals surface area contributed by atoms with E-state index >= 15 is 0 Å². The van der Waals surface area contributed by atoms with E-state index in [4.69, 9.17) is 4.74 Å². The lowest BCUT2D eigenvalue weighted by Crippen LogP contribution is -3.12. The molecule has 1 aromatic rings. The largest absolute Gasteiger partial charge is 0.466 e. The van der Waals surface area contributed by atoms with Crippen LogP contribution in [0.1, 0.15) is 48.4 Å². The number of rotatable bonds is 4. The summed E-state index contributed by atoms with van der Waals surface area (Å²) in [5, 5.41) is 5.82. The van der Waals surface area contributed by atoms with Crippen LogP contribution in [0.2, 0.25) is 0 Å². The number of nitrogens with one attached hydrogen (secondary N) is 3. The average molecular weight is 372 g/mol. The molecule has 1 fully saturated rings. The second-order valence-corrected chi connectivity index (χ2v) is 7.62. The normalized spacial score (nSPS) is 21.3. The zero-order valence-electron chi connectivity index (χ0n) is 16.5. The van der Waals surface area contributed by atoms with E-state index in [0.29, 0.717) is 17.8 Å². The van der Waals surface area contributed by atoms with Crippen molar-refractivity contribution in [2.24, 2.45) is 0 Å². The summed E-state index contributed by atoms with van der Waals surface area (Å²) in [5.74, 6) is -0.391. The molecule has 146 valence electrons. The number of esters is 1. The van der Waals surface area contributed by atoms with E-state index in [1.54, 1.807) is 0 Å². The molecular weight excluding hydrogens is 342 g/mol. The molecule has 1 aromatic carbocycles. The van der Waals surface area contributed by atoms with Crippen LogP contribution in [-0.2, 0) is 9.53 Å². The maximum absolute atomic E-state index is 12.7. The number of methoxy groups -OCH3 is 1. The molecule has 6 heteroatoms. The summed E-state index contributed by atoms with van der Waals surface area (Å²) in [6.45, 7) is 6.78. The van der Waals surface area contributed by atoms with Crippen molar-refractivity contribution in [1.29, 1.82) is 0 Å². The van der Waals surface area contributed by atoms with E-state index in [0.717, 1.165) is 29.8 Å². The Hall–Kier alpha value is -2.34. The second-order valence-electron chi connectivity index (χ2n) is 7.62. The lowest BCUT2D eigenvalue weighted by atomic mass is 9.91. The summed E-state index contributed by atoms with van der Waals surface area (Å²) in [6, 6.07) is 5.33. The fourth-order valence-corrected chi connectivity index (χ4v) is 4.07. The van der Waals surface area contributed by atoms with E-state index in [1.165, 1.54) is 37.7 Å². The van der Waals surface area contributed by atoms with Crippen LogP contribution in [0.25, 0.3) is 0 Å². The lowest BCUT2D eigenvalue weighted by Gasteiger charge is -2.31. The van der Waals surface area contributed by atoms with E-state index in [9.17, 15) is 9.59 Å². The molecule has 0 saturated carbocycles. The van der Waals surface area contributed by atoms with Gasteiger partial charge < -0.3 is 20.3 Å². The first-order valence-electron chi connectivity index (χ1n) is 9.79. The summed E-state index contributed by atoms with van der Waals surface area (Å²) in [6.07, 6.45) is 4.88. The van der Waals surface area contributed by atoms with Crippen molar-refractivity contribution >= 4 is 12.0 Å². The van der Waals surface area contributed by atoms with Crippen molar-refractivity contribution in [3.05, 3.63) is 46.2 Å². The fraction of sp³-hybridized carbons (Fsp3) is 0.524. The van der Waals surface area contributed by atoms with Crippen LogP contribution in [0.15, 0.2) is 29.5 Å². The maximum atomic E-state index is 12.7. The summed E-state index contributed by atoms with van der Waals surface area (Å²) in [7, 11) is 1.39. The van der Waals surface area contributed by atoms with Crippen LogP contribution in [0.5, 0.6) is 0 Å². The quantitative estimate of drug-likeness (QED) is 0.702. The van der Waals surface area contributed by atoms with Gasteiger partial charge in [-0.3, -0.25) is 0 Å². The third-order valence-electron chi connectivity index (χ3n) is 5.54. The zero-order valence-corrected chi connectivity index (χ0v) is 16.5. The zero-order chi connectivity index (χ0) is 19.4. The molecule has 0 aromatic heterocycles. The molecule has 0 spiro atoms. The highest BCUT2D eigenvalue weighted by molar-refractivity contribution is 5.95. The molecule has 2 heterocycles. The fourth-order valence-electron chi connectivity index (χ4n) is 4.07. The minimum Gasteiger partial charge on any atom is -0.466 e. The van der Waals surface area contributed by atoms with Crippen molar-refractivity contribution in [2.75, 3.05) is 26.7 Å². The molecule has 6 nitrogen and oxygen atoms in total. The van der Waals surface area contributed by atoms with Crippen molar-refractivity contribution in [3.8, 4) is 0 Å². The molecule has 1 saturated heterocycles. The molecular formula is C21H30N3O3+. The van der Waals surface area contributed by atoms with Gasteiger partial charge in [-0.05, 0) is 50.7 Å². The molecule has 0 aliphatic carbocycles. The number of amides is 2. The number of benzene rings is 1. The first-order valence-corrected chi connectivity index (χ1v) is 9.79. The minimum atomic E-state index is -0.493. The molecule has 0 bridgehead atoms. The van der Waals surface area contributed by atoms with Crippen LogP contribution in [0.3, 0.4) is 0 Å². The van der Waals surface area contributed by atoms with Gasteiger partial charge in [-0.25, -0.2) is 9.59 Å². The summed E-state index contributed by atoms with van der Waals surface area (Å²) >= 11 is 0. The van der Waals surface area contributed by atoms with Gasteiger partial charge >= 0.3 is 12.0 Å². The summed E-state index contributed by atoms with van der Waals surface area (Å²) in [5.41, 5.74) is 4.27. The van der Waals surface area contributed by atoms with Gasteiger partial charge in [-0.1, -0.05) is 23.8 Å². The number of hydrogen-bond donors (Lipinski definition) is 3. The molecule has 1 atom stereocenters. The molecule has 0 radical (unpaired) electrons. The monoisotopic (exact) mass is 372 g/mol. The van der Waals surface area contributed by atoms with Gasteiger partial charge in [-0.15, -0.1) is 0 Å². The Balaban J connectivity index is 2.01. The van der Waals surface area contributed by atoms with Crippen molar-refractivity contribution in [3.63, 3.8) is 0 Å². The standard InChI is InChI=1S/C21H29N3O3/c1-14-8-9-15(2)16(12-14)19-18(20(25)27-3)17(22-21(26)23-19)13-24-10-6-4-5-7-11-24/h8-9,12,19H,4-7,10-11,13H2,1-3H3,(H2,22,23,26)/p+1/t19-/m0/s1. The smallest absolute Gasteiger partial charge is 0.338 e. The number of ether oxygens (including phenoxy) is 1. The average Bonchev–Trinajstić information content (AvgIpc) is 2.91. The number of hydrogen-bond acceptors (Lipinski definition) is 3. The van der Waals surface area contributed by atoms with Crippen LogP contribution in [-0.4, -0.2) is 38.7 Å². The topological polar surface area (TPSA) is 71.9 Å². The minimum absolute atomic E-state index is 0.266. The van der Waals surface area contributed by atoms with Crippen molar-refractivity contribution in [2.45, 2.75) is 45.6 Å². The SMILES string of the molecule is COC(=O)C1=C(C[NH+]2CCCCCC2)NC(=O)N[C@H]1c1cc(C)ccc1C. The number of carbonyl (C=O) groups excluding carboxylic acids is 2. The van der Waals surface area contributed by atoms with Crippen molar-refractivity contribution < 1.29 is 19.2 Å². The highest BCUT2D eigenvalue weighted by Crippen LogP contribution is 2.30. The van der Waals surface area contributed by atoms with E-state index in [1.807, 2.05) is 32.0 Å². The number of aryl methyl sites for hydroxylation is 2. The highest BCUT2D eigenvalue weighted by Gasteiger charge is 2.35. The first kappa shape index (κ1) is 19.4. The Kier molecular flexibility index (Phi) is 6.16. The Bertz CT molecular complexity index is 749. The van der Waals surface area contributed by atoms with Gasteiger partial charge in [0.05, 0.1) is 37.5 Å². The van der Waals surface area contributed by atoms with Crippen LogP contribution in [0.4, 0.5) is 4.79 Å². The number of quaternary nitrogens is 1. The third kappa shape index (κ3) is 4.50. The van der Waals surface area contributed by atoms with Crippen molar-refractivity contribution in [1.82, 2.24) is 10.6 Å². The summed E-state index contributed by atoms with van der Waals surface area (Å²) < 4.78 is 5.09. The van der Waals surface area contributed by atoms with Gasteiger partial charge in [0.2, 0.25) is 0 Å². The van der Waals surface area contributed by atoms with Gasteiger partial charge in [0.15, 0.2) is 0 Å². The molecule has 3 rings (SSSR count). The Labute approximate surface area is 161 Å². The van der Waals surface area contributed by atoms with E-state index in [2.05, 4.69) is 10.6 Å². The Morgan fingerprint density at radius 2 is 1.89 bits per heavy atom. The molecule has 2 aliphatic heterocycles. The maximum Gasteiger partial charge on any atom is 0.338 e. The van der Waals surface area contributed by atoms with Gasteiger partial charge in [0.25, 0.3) is 0 Å². The molecule has 2 aliphatic rings. The van der Waals surface area contributed by atoms with E-state index < -0.39 is 12.0 Å². The molecule has 27 heavy (non-hydrogen) atoms.